The quantitative estimate of drug-likeness (QED) is 0.471. The smallest absolute Gasteiger partial charge is 0.341 e. The molecule has 0 saturated carbocycles. The summed E-state index contributed by atoms with van der Waals surface area (Å²) in [6.45, 7) is 2.11. The molecule has 3 aromatic rings. The maximum atomic E-state index is 11.9. The van der Waals surface area contributed by atoms with E-state index in [-0.39, 0.29) is 5.97 Å². The molecule has 1 aromatic carbocycles. The van der Waals surface area contributed by atoms with Crippen LogP contribution in [-0.2, 0) is 10.5 Å². The molecule has 7 heteroatoms. The second-order valence-corrected chi connectivity index (χ2v) is 5.99. The van der Waals surface area contributed by atoms with Gasteiger partial charge in [-0.25, -0.2) is 9.78 Å². The number of methoxy groups -OCH3 is 1. The number of nitrogens with zero attached hydrogens (tertiary/aromatic N) is 2. The van der Waals surface area contributed by atoms with Gasteiger partial charge in [-0.1, -0.05) is 17.8 Å². The Morgan fingerprint density at radius 3 is 3.04 bits per heavy atom. The first kappa shape index (κ1) is 17.2. The van der Waals surface area contributed by atoms with Gasteiger partial charge in [-0.3, -0.25) is 4.57 Å². The van der Waals surface area contributed by atoms with Gasteiger partial charge in [0, 0.05) is 18.5 Å². The lowest BCUT2D eigenvalue weighted by Crippen LogP contribution is -2.05. The lowest BCUT2D eigenvalue weighted by atomic mass is 10.3. The lowest BCUT2D eigenvalue weighted by molar-refractivity contribution is 0.0524. The van der Waals surface area contributed by atoms with Gasteiger partial charge < -0.3 is 13.9 Å². The van der Waals surface area contributed by atoms with Gasteiger partial charge in [0.2, 0.25) is 0 Å². The fourth-order valence-electron chi connectivity index (χ4n) is 2.33. The van der Waals surface area contributed by atoms with Crippen LogP contribution in [0.2, 0.25) is 0 Å². The Morgan fingerprint density at radius 2 is 2.24 bits per heavy atom. The summed E-state index contributed by atoms with van der Waals surface area (Å²) in [5.74, 6) is 1.45. The molecule has 2 aromatic heterocycles. The van der Waals surface area contributed by atoms with Crippen LogP contribution in [0.1, 0.15) is 23.0 Å². The van der Waals surface area contributed by atoms with Crippen molar-refractivity contribution >= 4 is 17.7 Å². The average Bonchev–Trinajstić information content (AvgIpc) is 3.29. The number of esters is 1. The van der Waals surface area contributed by atoms with Crippen LogP contribution < -0.4 is 4.74 Å². The number of carbonyl (C=O) groups is 1. The van der Waals surface area contributed by atoms with Gasteiger partial charge in [0.05, 0.1) is 31.4 Å². The Labute approximate surface area is 149 Å². The van der Waals surface area contributed by atoms with E-state index in [0.717, 1.165) is 16.6 Å². The fraction of sp³-hybridized carbons (Fsp3) is 0.222. The summed E-state index contributed by atoms with van der Waals surface area (Å²) < 4.78 is 17.7. The molecule has 0 spiro atoms. The minimum Gasteiger partial charge on any atom is -0.497 e. The number of carbonyl (C=O) groups excluding carboxylic acids is 1. The molecular formula is C18H18N2O4S. The maximum Gasteiger partial charge on any atom is 0.341 e. The largest absolute Gasteiger partial charge is 0.497 e. The van der Waals surface area contributed by atoms with Gasteiger partial charge in [-0.2, -0.15) is 0 Å². The number of rotatable bonds is 7. The molecule has 0 unspecified atom stereocenters. The molecule has 0 aliphatic heterocycles. The first-order valence-electron chi connectivity index (χ1n) is 7.77. The number of furan rings is 1. The van der Waals surface area contributed by atoms with Gasteiger partial charge in [-0.15, -0.1) is 0 Å². The van der Waals surface area contributed by atoms with E-state index in [1.807, 2.05) is 35.0 Å². The third-order valence-corrected chi connectivity index (χ3v) is 4.48. The van der Waals surface area contributed by atoms with Crippen molar-refractivity contribution in [2.75, 3.05) is 13.7 Å². The molecule has 2 heterocycles. The number of thioether (sulfide) groups is 1. The van der Waals surface area contributed by atoms with E-state index in [2.05, 4.69) is 4.98 Å². The maximum absolute atomic E-state index is 11.9. The summed E-state index contributed by atoms with van der Waals surface area (Å²) in [6.07, 6.45) is 5.11. The van der Waals surface area contributed by atoms with Crippen molar-refractivity contribution < 1.29 is 18.7 Å². The number of ether oxygens (including phenoxy) is 2. The van der Waals surface area contributed by atoms with E-state index in [9.17, 15) is 4.79 Å². The molecule has 0 fully saturated rings. The number of benzene rings is 1. The zero-order chi connectivity index (χ0) is 17.6. The summed E-state index contributed by atoms with van der Waals surface area (Å²) in [5.41, 5.74) is 1.40. The summed E-state index contributed by atoms with van der Waals surface area (Å²) in [5, 5.41) is 0.791. The van der Waals surface area contributed by atoms with Gasteiger partial charge in [0.15, 0.2) is 5.16 Å². The Morgan fingerprint density at radius 1 is 1.36 bits per heavy atom. The summed E-state index contributed by atoms with van der Waals surface area (Å²) in [7, 11) is 1.64. The summed E-state index contributed by atoms with van der Waals surface area (Å²) in [6, 6.07) is 9.35. The molecule has 0 amide bonds. The zero-order valence-electron chi connectivity index (χ0n) is 14.0. The van der Waals surface area contributed by atoms with Gasteiger partial charge in [0.25, 0.3) is 0 Å². The van der Waals surface area contributed by atoms with Crippen LogP contribution in [-0.4, -0.2) is 29.2 Å². The predicted octanol–water partition coefficient (Wildman–Crippen LogP) is 3.94. The minimum atomic E-state index is -0.372. The van der Waals surface area contributed by atoms with Gasteiger partial charge in [-0.05, 0) is 25.1 Å². The highest BCUT2D eigenvalue weighted by molar-refractivity contribution is 7.98. The molecule has 0 N–H and O–H groups in total. The molecular weight excluding hydrogens is 340 g/mol. The molecule has 0 bridgehead atoms. The minimum absolute atomic E-state index is 0.330. The predicted molar refractivity (Wildman–Crippen MR) is 94.3 cm³/mol. The van der Waals surface area contributed by atoms with E-state index >= 15 is 0 Å². The fourth-order valence-corrected chi connectivity index (χ4v) is 3.25. The highest BCUT2D eigenvalue weighted by Crippen LogP contribution is 2.27. The van der Waals surface area contributed by atoms with Crippen molar-refractivity contribution in [1.82, 2.24) is 9.55 Å². The van der Waals surface area contributed by atoms with E-state index in [0.29, 0.717) is 23.7 Å². The Balaban J connectivity index is 1.77. The highest BCUT2D eigenvalue weighted by atomic mass is 32.2. The molecule has 6 nitrogen and oxygen atoms in total. The van der Waals surface area contributed by atoms with E-state index < -0.39 is 0 Å². The van der Waals surface area contributed by atoms with Crippen LogP contribution >= 0.6 is 11.8 Å². The summed E-state index contributed by atoms with van der Waals surface area (Å²) >= 11 is 1.48. The first-order chi connectivity index (χ1) is 12.2. The van der Waals surface area contributed by atoms with E-state index in [4.69, 9.17) is 13.9 Å². The van der Waals surface area contributed by atoms with Gasteiger partial charge >= 0.3 is 5.97 Å². The van der Waals surface area contributed by atoms with Crippen LogP contribution in [0.4, 0.5) is 0 Å². The third-order valence-electron chi connectivity index (χ3n) is 3.51. The highest BCUT2D eigenvalue weighted by Gasteiger charge is 2.17. The Hall–Kier alpha value is -2.67. The number of imidazole rings is 1. The molecule has 0 atom stereocenters. The number of hydrogen-bond acceptors (Lipinski definition) is 6. The normalized spacial score (nSPS) is 10.6. The standard InChI is InChI=1S/C18H18N2O4S/c1-3-23-17(21)15-7-10-24-16(15)12-25-18-19-8-9-20(18)13-5-4-6-14(11-13)22-2/h4-11H,3,12H2,1-2H3. The lowest BCUT2D eigenvalue weighted by Gasteiger charge is -2.09. The van der Waals surface area contributed by atoms with E-state index in [1.54, 1.807) is 26.3 Å². The van der Waals surface area contributed by atoms with Crippen LogP contribution in [0, 0.1) is 0 Å². The van der Waals surface area contributed by atoms with Crippen molar-refractivity contribution in [3.63, 3.8) is 0 Å². The first-order valence-corrected chi connectivity index (χ1v) is 8.75. The second kappa shape index (κ2) is 7.94. The van der Waals surface area contributed by atoms with Crippen molar-refractivity contribution in [3.05, 3.63) is 60.3 Å². The van der Waals surface area contributed by atoms with Crippen LogP contribution in [0.15, 0.2) is 58.6 Å². The topological polar surface area (TPSA) is 66.5 Å². The van der Waals surface area contributed by atoms with Crippen LogP contribution in [0.5, 0.6) is 5.75 Å². The monoisotopic (exact) mass is 358 g/mol. The van der Waals surface area contributed by atoms with E-state index in [1.165, 1.54) is 18.0 Å². The molecule has 0 aliphatic rings. The molecule has 0 saturated heterocycles. The Bertz CT molecular complexity index is 856. The van der Waals surface area contributed by atoms with Gasteiger partial charge in [0.1, 0.15) is 17.1 Å². The van der Waals surface area contributed by atoms with Crippen molar-refractivity contribution in [1.29, 1.82) is 0 Å². The molecule has 0 radical (unpaired) electrons. The molecule has 0 aliphatic carbocycles. The average molecular weight is 358 g/mol. The summed E-state index contributed by atoms with van der Waals surface area (Å²) in [4.78, 5) is 16.3. The van der Waals surface area contributed by atoms with Crippen molar-refractivity contribution in [2.24, 2.45) is 0 Å². The molecule has 3 rings (SSSR count). The third kappa shape index (κ3) is 3.88. The zero-order valence-corrected chi connectivity index (χ0v) is 14.8. The number of aromatic nitrogens is 2. The molecule has 130 valence electrons. The Kier molecular flexibility index (Phi) is 5.45. The van der Waals surface area contributed by atoms with Crippen LogP contribution in [0.3, 0.4) is 0 Å². The number of hydrogen-bond donors (Lipinski definition) is 0. The van der Waals surface area contributed by atoms with Crippen molar-refractivity contribution in [3.8, 4) is 11.4 Å². The second-order valence-electron chi connectivity index (χ2n) is 5.05. The SMILES string of the molecule is CCOC(=O)c1ccoc1CSc1nccn1-c1cccc(OC)c1. The molecule has 25 heavy (non-hydrogen) atoms. The van der Waals surface area contributed by atoms with Crippen molar-refractivity contribution in [2.45, 2.75) is 17.8 Å². The van der Waals surface area contributed by atoms with Crippen LogP contribution in [0.25, 0.3) is 5.69 Å².